The number of anilines is 1. The molecule has 0 aliphatic heterocycles. The van der Waals surface area contributed by atoms with Gasteiger partial charge in [0.2, 0.25) is 5.91 Å². The minimum Gasteiger partial charge on any atom is -0.392 e. The maximum Gasteiger partial charge on any atom is 0.238 e. The predicted octanol–water partition coefficient (Wildman–Crippen LogP) is 4.11. The average Bonchev–Trinajstić information content (AvgIpc) is 2.44. The van der Waals surface area contributed by atoms with Gasteiger partial charge in [0.1, 0.15) is 5.92 Å². The normalized spacial score (nSPS) is 11.7. The summed E-state index contributed by atoms with van der Waals surface area (Å²) in [6.45, 7) is 0. The first-order valence-electron chi connectivity index (χ1n) is 6.09. The number of thiocarbonyl (C=S) groups is 1. The number of nitrogens with one attached hydrogen (secondary N) is 1. The van der Waals surface area contributed by atoms with Gasteiger partial charge in [-0.05, 0) is 39.7 Å². The van der Waals surface area contributed by atoms with E-state index in [-0.39, 0.29) is 10.9 Å². The largest absolute Gasteiger partial charge is 0.392 e. The highest BCUT2D eigenvalue weighted by molar-refractivity contribution is 9.10. The Morgan fingerprint density at radius 2 is 1.90 bits per heavy atom. The molecule has 0 aromatic heterocycles. The third-order valence-corrected chi connectivity index (χ3v) is 4.33. The monoisotopic (exact) mass is 382 g/mol. The van der Waals surface area contributed by atoms with Crippen LogP contribution in [0.3, 0.4) is 0 Å². The van der Waals surface area contributed by atoms with Gasteiger partial charge in [-0.25, -0.2) is 0 Å². The molecular weight excluding hydrogens is 372 g/mol. The van der Waals surface area contributed by atoms with Crippen LogP contribution >= 0.6 is 39.7 Å². The molecule has 0 spiro atoms. The molecule has 108 valence electrons. The van der Waals surface area contributed by atoms with Gasteiger partial charge in [-0.2, -0.15) is 0 Å². The number of amides is 1. The van der Waals surface area contributed by atoms with Gasteiger partial charge < -0.3 is 11.1 Å². The summed E-state index contributed by atoms with van der Waals surface area (Å²) in [5, 5.41) is 3.29. The first-order chi connectivity index (χ1) is 9.99. The zero-order valence-corrected chi connectivity index (χ0v) is 14.0. The molecule has 0 aliphatic carbocycles. The summed E-state index contributed by atoms with van der Waals surface area (Å²) in [4.78, 5) is 12.5. The molecule has 21 heavy (non-hydrogen) atoms. The summed E-state index contributed by atoms with van der Waals surface area (Å²) in [5.74, 6) is -0.962. The molecule has 1 unspecified atom stereocenters. The maximum atomic E-state index is 12.4. The SMILES string of the molecule is NC(=S)C(C(=O)Nc1ccc(Br)c(Cl)c1)c1ccccc1. The van der Waals surface area contributed by atoms with Crippen molar-refractivity contribution in [3.8, 4) is 0 Å². The van der Waals surface area contributed by atoms with Crippen molar-refractivity contribution in [2.24, 2.45) is 5.73 Å². The lowest BCUT2D eigenvalue weighted by atomic mass is 9.98. The Morgan fingerprint density at radius 1 is 1.24 bits per heavy atom. The fourth-order valence-electron chi connectivity index (χ4n) is 1.88. The smallest absolute Gasteiger partial charge is 0.238 e. The van der Waals surface area contributed by atoms with E-state index in [1.165, 1.54) is 0 Å². The van der Waals surface area contributed by atoms with Crippen LogP contribution in [0.2, 0.25) is 5.02 Å². The Balaban J connectivity index is 2.24. The minimum atomic E-state index is -0.677. The highest BCUT2D eigenvalue weighted by Gasteiger charge is 2.23. The number of carbonyl (C=O) groups excluding carboxylic acids is 1. The Bertz CT molecular complexity index is 679. The van der Waals surface area contributed by atoms with Crippen molar-refractivity contribution >= 4 is 56.3 Å². The van der Waals surface area contributed by atoms with Crippen molar-refractivity contribution in [2.45, 2.75) is 5.92 Å². The van der Waals surface area contributed by atoms with Crippen LogP contribution in [0.5, 0.6) is 0 Å². The van der Waals surface area contributed by atoms with Gasteiger partial charge in [-0.15, -0.1) is 0 Å². The molecule has 0 radical (unpaired) electrons. The molecule has 6 heteroatoms. The van der Waals surface area contributed by atoms with Crippen molar-refractivity contribution in [3.63, 3.8) is 0 Å². The van der Waals surface area contributed by atoms with Crippen LogP contribution in [0.15, 0.2) is 53.0 Å². The maximum absolute atomic E-state index is 12.4. The highest BCUT2D eigenvalue weighted by atomic mass is 79.9. The Labute approximate surface area is 141 Å². The van der Waals surface area contributed by atoms with Gasteiger partial charge >= 0.3 is 0 Å². The third kappa shape index (κ3) is 4.03. The molecule has 0 saturated carbocycles. The molecule has 0 bridgehead atoms. The second-order valence-corrected chi connectivity index (χ2v) is 6.10. The zero-order chi connectivity index (χ0) is 15.4. The number of halogens is 2. The molecule has 2 aromatic carbocycles. The quantitative estimate of drug-likeness (QED) is 0.781. The summed E-state index contributed by atoms with van der Waals surface area (Å²) in [6.07, 6.45) is 0. The van der Waals surface area contributed by atoms with Crippen LogP contribution in [0.25, 0.3) is 0 Å². The molecule has 0 aliphatic rings. The number of nitrogens with two attached hydrogens (primary N) is 1. The van der Waals surface area contributed by atoms with Gasteiger partial charge in [0.25, 0.3) is 0 Å². The van der Waals surface area contributed by atoms with E-state index in [2.05, 4.69) is 21.2 Å². The third-order valence-electron chi connectivity index (χ3n) is 2.87. The minimum absolute atomic E-state index is 0.127. The highest BCUT2D eigenvalue weighted by Crippen LogP contribution is 2.26. The van der Waals surface area contributed by atoms with Crippen LogP contribution in [-0.2, 0) is 4.79 Å². The zero-order valence-electron chi connectivity index (χ0n) is 10.8. The predicted molar refractivity (Wildman–Crippen MR) is 93.8 cm³/mol. The lowest BCUT2D eigenvalue weighted by Gasteiger charge is -2.16. The second kappa shape index (κ2) is 7.02. The lowest BCUT2D eigenvalue weighted by molar-refractivity contribution is -0.116. The Morgan fingerprint density at radius 3 is 2.48 bits per heavy atom. The first kappa shape index (κ1) is 15.9. The Kier molecular flexibility index (Phi) is 5.33. The van der Waals surface area contributed by atoms with Crippen molar-refractivity contribution in [2.75, 3.05) is 5.32 Å². The standard InChI is InChI=1S/C15H12BrClN2OS/c16-11-7-6-10(8-12(11)17)19-15(20)13(14(18)21)9-4-2-1-3-5-9/h1-8,13H,(H2,18,21)(H,19,20). The topological polar surface area (TPSA) is 55.1 Å². The Hall–Kier alpha value is -1.43. The molecule has 2 rings (SSSR count). The van der Waals surface area contributed by atoms with E-state index in [0.29, 0.717) is 10.7 Å². The molecular formula is C15H12BrClN2OS. The summed E-state index contributed by atoms with van der Waals surface area (Å²) in [6, 6.07) is 14.3. The van der Waals surface area contributed by atoms with Crippen molar-refractivity contribution in [1.82, 2.24) is 0 Å². The van der Waals surface area contributed by atoms with E-state index in [4.69, 9.17) is 29.6 Å². The lowest BCUT2D eigenvalue weighted by Crippen LogP contribution is -2.31. The number of hydrogen-bond acceptors (Lipinski definition) is 2. The van der Waals surface area contributed by atoms with E-state index in [1.807, 2.05) is 30.3 Å². The molecule has 3 nitrogen and oxygen atoms in total. The van der Waals surface area contributed by atoms with Crippen LogP contribution < -0.4 is 11.1 Å². The molecule has 1 amide bonds. The van der Waals surface area contributed by atoms with Crippen molar-refractivity contribution in [1.29, 1.82) is 0 Å². The number of rotatable bonds is 4. The summed E-state index contributed by atoms with van der Waals surface area (Å²) < 4.78 is 0.760. The number of benzene rings is 2. The van der Waals surface area contributed by atoms with Gasteiger partial charge in [-0.1, -0.05) is 54.2 Å². The van der Waals surface area contributed by atoms with Crippen LogP contribution in [0.1, 0.15) is 11.5 Å². The van der Waals surface area contributed by atoms with Crippen molar-refractivity contribution in [3.05, 3.63) is 63.6 Å². The summed E-state index contributed by atoms with van der Waals surface area (Å²) in [5.41, 5.74) is 7.06. The van der Waals surface area contributed by atoms with Gasteiger partial charge in [-0.3, -0.25) is 4.79 Å². The molecule has 0 fully saturated rings. The number of carbonyl (C=O) groups is 1. The summed E-state index contributed by atoms with van der Waals surface area (Å²) >= 11 is 14.3. The molecule has 1 atom stereocenters. The second-order valence-electron chi connectivity index (χ2n) is 4.36. The van der Waals surface area contributed by atoms with E-state index in [9.17, 15) is 4.79 Å². The van der Waals surface area contributed by atoms with Gasteiger partial charge in [0.05, 0.1) is 10.0 Å². The van der Waals surface area contributed by atoms with Gasteiger partial charge in [0.15, 0.2) is 0 Å². The fraction of sp³-hybridized carbons (Fsp3) is 0.0667. The molecule has 0 heterocycles. The van der Waals surface area contributed by atoms with Crippen LogP contribution in [0.4, 0.5) is 5.69 Å². The molecule has 2 aromatic rings. The number of hydrogen-bond donors (Lipinski definition) is 2. The summed E-state index contributed by atoms with van der Waals surface area (Å²) in [7, 11) is 0. The van der Waals surface area contributed by atoms with Crippen LogP contribution in [-0.4, -0.2) is 10.9 Å². The van der Waals surface area contributed by atoms with E-state index >= 15 is 0 Å². The van der Waals surface area contributed by atoms with Crippen molar-refractivity contribution < 1.29 is 4.79 Å². The van der Waals surface area contributed by atoms with E-state index < -0.39 is 5.92 Å². The molecule has 3 N–H and O–H groups in total. The van der Waals surface area contributed by atoms with E-state index in [0.717, 1.165) is 10.0 Å². The average molecular weight is 384 g/mol. The first-order valence-corrected chi connectivity index (χ1v) is 7.67. The molecule has 0 saturated heterocycles. The van der Waals surface area contributed by atoms with Crippen LogP contribution in [0, 0.1) is 0 Å². The fourth-order valence-corrected chi connectivity index (χ4v) is 2.55. The van der Waals surface area contributed by atoms with E-state index in [1.54, 1.807) is 18.2 Å². The van der Waals surface area contributed by atoms with Gasteiger partial charge in [0, 0.05) is 10.2 Å².